The molecule has 2 atom stereocenters. The lowest BCUT2D eigenvalue weighted by atomic mass is 9.95. The summed E-state index contributed by atoms with van der Waals surface area (Å²) < 4.78 is 5.08. The van der Waals surface area contributed by atoms with Crippen molar-refractivity contribution in [2.24, 2.45) is 5.92 Å². The number of piperidine rings is 1. The number of amides is 3. The minimum absolute atomic E-state index is 0.0209. The molecule has 30 heavy (non-hydrogen) atoms. The number of aromatic hydroxyl groups is 1. The molecule has 164 valence electrons. The predicted octanol–water partition coefficient (Wildman–Crippen LogP) is 1.77. The molecule has 3 amide bonds. The number of hydrogen-bond donors (Lipinski definition) is 2. The Kier molecular flexibility index (Phi) is 7.18. The van der Waals surface area contributed by atoms with Crippen molar-refractivity contribution >= 4 is 17.7 Å². The van der Waals surface area contributed by atoms with E-state index in [1.54, 1.807) is 11.0 Å². The lowest BCUT2D eigenvalue weighted by molar-refractivity contribution is -0.143. The standard InChI is InChI=1S/C22H31N3O5/c1-3-24-13-16(8-10-20(24)27)22(29)25-11-5-4-6-17(14-25)23-21(28)15-7-9-18(26)19(12-15)30-2/h7,9,12,16-17,26H,3-6,8,10-11,13-14H2,1-2H3,(H,23,28). The fourth-order valence-corrected chi connectivity index (χ4v) is 4.23. The molecule has 8 nitrogen and oxygen atoms in total. The van der Waals surface area contributed by atoms with E-state index in [-0.39, 0.29) is 41.2 Å². The quantitative estimate of drug-likeness (QED) is 0.761. The first-order chi connectivity index (χ1) is 14.4. The molecule has 0 spiro atoms. The van der Waals surface area contributed by atoms with Crippen LogP contribution in [0.4, 0.5) is 0 Å². The zero-order valence-corrected chi connectivity index (χ0v) is 17.7. The van der Waals surface area contributed by atoms with E-state index in [0.717, 1.165) is 19.3 Å². The van der Waals surface area contributed by atoms with E-state index in [1.165, 1.54) is 19.2 Å². The summed E-state index contributed by atoms with van der Waals surface area (Å²) in [6.07, 6.45) is 3.64. The molecule has 0 radical (unpaired) electrons. The summed E-state index contributed by atoms with van der Waals surface area (Å²) >= 11 is 0. The maximum absolute atomic E-state index is 13.1. The number of hydrogen-bond acceptors (Lipinski definition) is 5. The van der Waals surface area contributed by atoms with Crippen LogP contribution in [-0.2, 0) is 9.59 Å². The summed E-state index contributed by atoms with van der Waals surface area (Å²) in [5, 5.41) is 12.7. The normalized spacial score (nSPS) is 22.4. The van der Waals surface area contributed by atoms with Gasteiger partial charge in [-0.15, -0.1) is 0 Å². The van der Waals surface area contributed by atoms with Crippen LogP contribution in [0.5, 0.6) is 11.5 Å². The van der Waals surface area contributed by atoms with Gasteiger partial charge in [0.15, 0.2) is 11.5 Å². The molecule has 0 aliphatic carbocycles. The molecule has 0 aromatic heterocycles. The van der Waals surface area contributed by atoms with Gasteiger partial charge in [0.05, 0.1) is 13.0 Å². The highest BCUT2D eigenvalue weighted by molar-refractivity contribution is 5.95. The smallest absolute Gasteiger partial charge is 0.251 e. The molecule has 2 fully saturated rings. The zero-order valence-electron chi connectivity index (χ0n) is 17.7. The number of rotatable bonds is 5. The summed E-state index contributed by atoms with van der Waals surface area (Å²) in [5.74, 6) is -0.00761. The SMILES string of the molecule is CCN1CC(C(=O)N2CCCCC(NC(=O)c3ccc(O)c(OC)c3)C2)CCC1=O. The van der Waals surface area contributed by atoms with Crippen LogP contribution in [0.15, 0.2) is 18.2 Å². The molecule has 1 aromatic rings. The van der Waals surface area contributed by atoms with Gasteiger partial charge in [-0.3, -0.25) is 14.4 Å². The molecule has 2 aliphatic heterocycles. The average Bonchev–Trinajstić information content (AvgIpc) is 2.99. The van der Waals surface area contributed by atoms with Gasteiger partial charge < -0.3 is 25.0 Å². The summed E-state index contributed by atoms with van der Waals surface area (Å²) in [7, 11) is 1.43. The van der Waals surface area contributed by atoms with Gasteiger partial charge in [0.2, 0.25) is 11.8 Å². The van der Waals surface area contributed by atoms with E-state index < -0.39 is 0 Å². The predicted molar refractivity (Wildman–Crippen MR) is 111 cm³/mol. The van der Waals surface area contributed by atoms with E-state index >= 15 is 0 Å². The molecule has 2 N–H and O–H groups in total. The van der Waals surface area contributed by atoms with E-state index in [0.29, 0.717) is 44.6 Å². The minimum Gasteiger partial charge on any atom is -0.504 e. The number of carbonyl (C=O) groups excluding carboxylic acids is 3. The zero-order chi connectivity index (χ0) is 21.7. The average molecular weight is 418 g/mol. The molecule has 8 heteroatoms. The Balaban J connectivity index is 1.64. The summed E-state index contributed by atoms with van der Waals surface area (Å²) in [6, 6.07) is 4.34. The van der Waals surface area contributed by atoms with Crippen LogP contribution in [0.2, 0.25) is 0 Å². The Labute approximate surface area is 177 Å². The van der Waals surface area contributed by atoms with Crippen molar-refractivity contribution in [1.29, 1.82) is 0 Å². The van der Waals surface area contributed by atoms with E-state index in [2.05, 4.69) is 5.32 Å². The number of phenolic OH excluding ortho intramolecular Hbond substituents is 1. The maximum atomic E-state index is 13.1. The van der Waals surface area contributed by atoms with Crippen molar-refractivity contribution in [3.63, 3.8) is 0 Å². The fraction of sp³-hybridized carbons (Fsp3) is 0.591. The third kappa shape index (κ3) is 5.04. The van der Waals surface area contributed by atoms with Gasteiger partial charge in [-0.2, -0.15) is 0 Å². The van der Waals surface area contributed by atoms with Gasteiger partial charge >= 0.3 is 0 Å². The van der Waals surface area contributed by atoms with Crippen LogP contribution in [0.1, 0.15) is 49.4 Å². The minimum atomic E-state index is -0.256. The van der Waals surface area contributed by atoms with Crippen molar-refractivity contribution in [3.8, 4) is 11.5 Å². The highest BCUT2D eigenvalue weighted by Crippen LogP contribution is 2.26. The lowest BCUT2D eigenvalue weighted by Crippen LogP contribution is -2.50. The molecule has 0 saturated carbocycles. The molecule has 2 aliphatic rings. The first kappa shape index (κ1) is 21.9. The van der Waals surface area contributed by atoms with Crippen molar-refractivity contribution in [3.05, 3.63) is 23.8 Å². The monoisotopic (exact) mass is 417 g/mol. The Bertz CT molecular complexity index is 797. The molecule has 2 unspecified atom stereocenters. The highest BCUT2D eigenvalue weighted by Gasteiger charge is 2.33. The largest absolute Gasteiger partial charge is 0.504 e. The Hall–Kier alpha value is -2.77. The molecule has 2 heterocycles. The van der Waals surface area contributed by atoms with Gasteiger partial charge in [0, 0.05) is 44.2 Å². The second-order valence-electron chi connectivity index (χ2n) is 8.01. The first-order valence-electron chi connectivity index (χ1n) is 10.7. The number of methoxy groups -OCH3 is 1. The van der Waals surface area contributed by atoms with Crippen LogP contribution < -0.4 is 10.1 Å². The molecular weight excluding hydrogens is 386 g/mol. The number of nitrogens with zero attached hydrogens (tertiary/aromatic N) is 2. The number of phenols is 1. The molecule has 0 bridgehead atoms. The van der Waals surface area contributed by atoms with E-state index in [4.69, 9.17) is 4.74 Å². The highest BCUT2D eigenvalue weighted by atomic mass is 16.5. The third-order valence-electron chi connectivity index (χ3n) is 5.99. The van der Waals surface area contributed by atoms with Crippen LogP contribution in [-0.4, -0.2) is 72.0 Å². The topological polar surface area (TPSA) is 99.2 Å². The van der Waals surface area contributed by atoms with Crippen LogP contribution in [0.25, 0.3) is 0 Å². The Morgan fingerprint density at radius 1 is 1.23 bits per heavy atom. The second kappa shape index (κ2) is 9.82. The van der Waals surface area contributed by atoms with Gasteiger partial charge in [0.1, 0.15) is 0 Å². The van der Waals surface area contributed by atoms with Crippen molar-refractivity contribution in [2.45, 2.75) is 45.1 Å². The van der Waals surface area contributed by atoms with E-state index in [1.807, 2.05) is 11.8 Å². The maximum Gasteiger partial charge on any atom is 0.251 e. The van der Waals surface area contributed by atoms with Crippen LogP contribution >= 0.6 is 0 Å². The number of carbonyl (C=O) groups is 3. The van der Waals surface area contributed by atoms with Gasteiger partial charge in [-0.25, -0.2) is 0 Å². The third-order valence-corrected chi connectivity index (χ3v) is 5.99. The Morgan fingerprint density at radius 3 is 2.77 bits per heavy atom. The van der Waals surface area contributed by atoms with Gasteiger partial charge in [0.25, 0.3) is 5.91 Å². The number of benzene rings is 1. The van der Waals surface area contributed by atoms with Crippen LogP contribution in [0, 0.1) is 5.92 Å². The van der Waals surface area contributed by atoms with Crippen LogP contribution in [0.3, 0.4) is 0 Å². The van der Waals surface area contributed by atoms with Gasteiger partial charge in [-0.1, -0.05) is 0 Å². The van der Waals surface area contributed by atoms with Crippen molar-refractivity contribution in [2.75, 3.05) is 33.3 Å². The summed E-state index contributed by atoms with van der Waals surface area (Å²) in [6.45, 7) is 4.18. The summed E-state index contributed by atoms with van der Waals surface area (Å²) in [5.41, 5.74) is 0.399. The summed E-state index contributed by atoms with van der Waals surface area (Å²) in [4.78, 5) is 41.4. The fourth-order valence-electron chi connectivity index (χ4n) is 4.23. The molecule has 2 saturated heterocycles. The molecule has 3 rings (SSSR count). The number of likely N-dealkylation sites (tertiary alicyclic amines) is 2. The molecule has 1 aromatic carbocycles. The second-order valence-corrected chi connectivity index (χ2v) is 8.01. The molecular formula is C22H31N3O5. The van der Waals surface area contributed by atoms with E-state index in [9.17, 15) is 19.5 Å². The van der Waals surface area contributed by atoms with Gasteiger partial charge in [-0.05, 0) is 50.8 Å². The van der Waals surface area contributed by atoms with Crippen molar-refractivity contribution < 1.29 is 24.2 Å². The van der Waals surface area contributed by atoms with Crippen molar-refractivity contribution in [1.82, 2.24) is 15.1 Å². The number of ether oxygens (including phenoxy) is 1. The number of nitrogens with one attached hydrogen (secondary N) is 1. The Morgan fingerprint density at radius 2 is 2.03 bits per heavy atom. The lowest BCUT2D eigenvalue weighted by Gasteiger charge is -2.35. The first-order valence-corrected chi connectivity index (χ1v) is 10.7.